The molecule has 1 fully saturated rings. The monoisotopic (exact) mass is 261 g/mol. The van der Waals surface area contributed by atoms with Gasteiger partial charge in [-0.1, -0.05) is 18.9 Å². The topological polar surface area (TPSA) is 29.9 Å². The first kappa shape index (κ1) is 11.8. The molecule has 2 aromatic heterocycles. The number of thiophene rings is 1. The van der Waals surface area contributed by atoms with E-state index in [1.165, 1.54) is 30.6 Å². The zero-order valence-corrected chi connectivity index (χ0v) is 11.5. The minimum absolute atomic E-state index is 0.455. The van der Waals surface area contributed by atoms with Crippen molar-refractivity contribution in [1.82, 2.24) is 9.78 Å². The van der Waals surface area contributed by atoms with Gasteiger partial charge in [-0.05, 0) is 30.2 Å². The number of aryl methyl sites for hydroxylation is 1. The van der Waals surface area contributed by atoms with Crippen molar-refractivity contribution in [2.24, 2.45) is 13.0 Å². The van der Waals surface area contributed by atoms with E-state index in [-0.39, 0.29) is 0 Å². The third-order valence-electron chi connectivity index (χ3n) is 3.75. The third kappa shape index (κ3) is 2.43. The molecule has 0 spiro atoms. The first-order valence-corrected chi connectivity index (χ1v) is 7.49. The normalized spacial score (nSPS) is 18.1. The summed E-state index contributed by atoms with van der Waals surface area (Å²) in [6.45, 7) is 0. The molecule has 18 heavy (non-hydrogen) atoms. The van der Waals surface area contributed by atoms with E-state index < -0.39 is 0 Å². The lowest BCUT2D eigenvalue weighted by Crippen LogP contribution is -2.17. The number of nitrogens with one attached hydrogen (secondary N) is 1. The molecule has 1 N–H and O–H groups in total. The van der Waals surface area contributed by atoms with E-state index in [0.29, 0.717) is 6.04 Å². The lowest BCUT2D eigenvalue weighted by Gasteiger charge is -2.24. The fourth-order valence-electron chi connectivity index (χ4n) is 2.86. The van der Waals surface area contributed by atoms with Gasteiger partial charge in [0.15, 0.2) is 0 Å². The summed E-state index contributed by atoms with van der Waals surface area (Å²) < 4.78 is 1.85. The van der Waals surface area contributed by atoms with Gasteiger partial charge in [-0.25, -0.2) is 0 Å². The Morgan fingerprint density at radius 1 is 1.44 bits per heavy atom. The molecule has 96 valence electrons. The summed E-state index contributed by atoms with van der Waals surface area (Å²) in [5, 5.41) is 10.1. The molecule has 0 aromatic carbocycles. The van der Waals surface area contributed by atoms with Gasteiger partial charge in [0.25, 0.3) is 0 Å². The van der Waals surface area contributed by atoms with Crippen LogP contribution in [0.4, 0.5) is 5.69 Å². The lowest BCUT2D eigenvalue weighted by atomic mass is 9.96. The molecule has 3 rings (SSSR count). The fourth-order valence-corrected chi connectivity index (χ4v) is 3.72. The summed E-state index contributed by atoms with van der Waals surface area (Å²) in [4.78, 5) is 1.45. The van der Waals surface area contributed by atoms with Gasteiger partial charge in [-0.3, -0.25) is 4.68 Å². The standard InChI is InChI=1S/C14H19N3S/c1-17-10-12(9-15-17)16-14(11-5-2-3-6-11)13-7-4-8-18-13/h4,7-11,14,16H,2-3,5-6H2,1H3/t14-/m1/s1. The molecule has 1 aliphatic carbocycles. The first-order chi connectivity index (χ1) is 8.83. The van der Waals surface area contributed by atoms with Crippen LogP contribution in [0.25, 0.3) is 0 Å². The smallest absolute Gasteiger partial charge is 0.0731 e. The molecule has 1 aliphatic rings. The van der Waals surface area contributed by atoms with Crippen LogP contribution in [0.3, 0.4) is 0 Å². The van der Waals surface area contributed by atoms with Crippen molar-refractivity contribution in [3.63, 3.8) is 0 Å². The summed E-state index contributed by atoms with van der Waals surface area (Å²) in [5.74, 6) is 0.767. The minimum Gasteiger partial charge on any atom is -0.375 e. The van der Waals surface area contributed by atoms with E-state index in [0.717, 1.165) is 11.6 Å². The maximum atomic E-state index is 4.24. The average Bonchev–Trinajstić information content (AvgIpc) is 3.09. The number of anilines is 1. The summed E-state index contributed by atoms with van der Waals surface area (Å²) >= 11 is 1.85. The van der Waals surface area contributed by atoms with Crippen molar-refractivity contribution in [3.05, 3.63) is 34.8 Å². The predicted molar refractivity (Wildman–Crippen MR) is 75.8 cm³/mol. The molecule has 1 saturated carbocycles. The van der Waals surface area contributed by atoms with Gasteiger partial charge in [0.05, 0.1) is 17.9 Å². The Labute approximate surface area is 112 Å². The van der Waals surface area contributed by atoms with Crippen LogP contribution in [-0.4, -0.2) is 9.78 Å². The van der Waals surface area contributed by atoms with Crippen LogP contribution in [0.15, 0.2) is 29.9 Å². The Hall–Kier alpha value is -1.29. The van der Waals surface area contributed by atoms with Gasteiger partial charge in [0.1, 0.15) is 0 Å². The van der Waals surface area contributed by atoms with Crippen molar-refractivity contribution in [2.75, 3.05) is 5.32 Å². The Balaban J connectivity index is 1.81. The first-order valence-electron chi connectivity index (χ1n) is 6.61. The van der Waals surface area contributed by atoms with Gasteiger partial charge in [-0.15, -0.1) is 11.3 Å². The molecule has 0 radical (unpaired) electrons. The average molecular weight is 261 g/mol. The molecular weight excluding hydrogens is 242 g/mol. The third-order valence-corrected chi connectivity index (χ3v) is 4.70. The fraction of sp³-hybridized carbons (Fsp3) is 0.500. The second-order valence-corrected chi connectivity index (χ2v) is 6.06. The Morgan fingerprint density at radius 3 is 2.89 bits per heavy atom. The number of rotatable bonds is 4. The highest BCUT2D eigenvalue weighted by Gasteiger charge is 2.27. The SMILES string of the molecule is Cn1cc(N[C@@H](c2cccs2)C2CCCC2)cn1. The van der Waals surface area contributed by atoms with Crippen LogP contribution in [-0.2, 0) is 7.05 Å². The van der Waals surface area contributed by atoms with Crippen LogP contribution in [0, 0.1) is 5.92 Å². The lowest BCUT2D eigenvalue weighted by molar-refractivity contribution is 0.475. The van der Waals surface area contributed by atoms with E-state index in [4.69, 9.17) is 0 Å². The Kier molecular flexibility index (Phi) is 3.37. The van der Waals surface area contributed by atoms with E-state index in [1.54, 1.807) is 0 Å². The highest BCUT2D eigenvalue weighted by atomic mass is 32.1. The molecular formula is C14H19N3S. The molecule has 0 saturated heterocycles. The van der Waals surface area contributed by atoms with Crippen molar-refractivity contribution in [3.8, 4) is 0 Å². The van der Waals surface area contributed by atoms with Crippen LogP contribution in [0.5, 0.6) is 0 Å². The van der Waals surface area contributed by atoms with Gasteiger partial charge in [0.2, 0.25) is 0 Å². The summed E-state index contributed by atoms with van der Waals surface area (Å²) in [6.07, 6.45) is 9.40. The molecule has 3 nitrogen and oxygen atoms in total. The second-order valence-electron chi connectivity index (χ2n) is 5.08. The van der Waals surface area contributed by atoms with E-state index in [1.807, 2.05) is 29.3 Å². The molecule has 2 heterocycles. The number of hydrogen-bond acceptors (Lipinski definition) is 3. The maximum Gasteiger partial charge on any atom is 0.0731 e. The van der Waals surface area contributed by atoms with Crippen LogP contribution < -0.4 is 5.32 Å². The predicted octanol–water partition coefficient (Wildman–Crippen LogP) is 3.83. The van der Waals surface area contributed by atoms with Crippen molar-refractivity contribution >= 4 is 17.0 Å². The Bertz CT molecular complexity index is 483. The van der Waals surface area contributed by atoms with Gasteiger partial charge >= 0.3 is 0 Å². The second kappa shape index (κ2) is 5.14. The molecule has 0 unspecified atom stereocenters. The van der Waals surface area contributed by atoms with Crippen LogP contribution in [0.2, 0.25) is 0 Å². The zero-order chi connectivity index (χ0) is 12.4. The number of nitrogens with zero attached hydrogens (tertiary/aromatic N) is 2. The van der Waals surface area contributed by atoms with Gasteiger partial charge < -0.3 is 5.32 Å². The minimum atomic E-state index is 0.455. The van der Waals surface area contributed by atoms with E-state index >= 15 is 0 Å². The van der Waals surface area contributed by atoms with Gasteiger partial charge in [-0.2, -0.15) is 5.10 Å². The van der Waals surface area contributed by atoms with Gasteiger partial charge in [0, 0.05) is 18.1 Å². The molecule has 0 amide bonds. The van der Waals surface area contributed by atoms with Crippen molar-refractivity contribution < 1.29 is 0 Å². The maximum absolute atomic E-state index is 4.24. The molecule has 4 heteroatoms. The molecule has 1 atom stereocenters. The number of aromatic nitrogens is 2. The molecule has 0 aliphatic heterocycles. The van der Waals surface area contributed by atoms with Crippen LogP contribution in [0.1, 0.15) is 36.6 Å². The molecule has 0 bridgehead atoms. The Morgan fingerprint density at radius 2 is 2.28 bits per heavy atom. The highest BCUT2D eigenvalue weighted by molar-refractivity contribution is 7.10. The summed E-state index contributed by atoms with van der Waals surface area (Å²) in [7, 11) is 1.96. The van der Waals surface area contributed by atoms with Crippen molar-refractivity contribution in [2.45, 2.75) is 31.7 Å². The summed E-state index contributed by atoms with van der Waals surface area (Å²) in [5.41, 5.74) is 1.13. The summed E-state index contributed by atoms with van der Waals surface area (Å²) in [6, 6.07) is 4.85. The van der Waals surface area contributed by atoms with E-state index in [9.17, 15) is 0 Å². The zero-order valence-electron chi connectivity index (χ0n) is 10.7. The van der Waals surface area contributed by atoms with Crippen molar-refractivity contribution in [1.29, 1.82) is 0 Å². The molecule has 2 aromatic rings. The highest BCUT2D eigenvalue weighted by Crippen LogP contribution is 2.39. The quantitative estimate of drug-likeness (QED) is 0.906. The van der Waals surface area contributed by atoms with E-state index in [2.05, 4.69) is 34.1 Å². The largest absolute Gasteiger partial charge is 0.375 e. The number of hydrogen-bond donors (Lipinski definition) is 1. The van der Waals surface area contributed by atoms with Crippen LogP contribution >= 0.6 is 11.3 Å².